The van der Waals surface area contributed by atoms with Gasteiger partial charge in [-0.1, -0.05) is 60.7 Å². The molecule has 1 aromatic heterocycles. The van der Waals surface area contributed by atoms with Crippen molar-refractivity contribution < 1.29 is 9.90 Å². The number of aromatic nitrogens is 1. The van der Waals surface area contributed by atoms with Gasteiger partial charge in [-0.3, -0.25) is 14.7 Å². The molecule has 1 amide bonds. The van der Waals surface area contributed by atoms with Crippen molar-refractivity contribution in [1.29, 1.82) is 0 Å². The zero-order chi connectivity index (χ0) is 20.5. The number of carbonyl (C=O) groups is 1. The van der Waals surface area contributed by atoms with E-state index < -0.39 is 0 Å². The summed E-state index contributed by atoms with van der Waals surface area (Å²) in [5, 5.41) is 9.99. The van der Waals surface area contributed by atoms with E-state index in [2.05, 4.69) is 46.3 Å². The summed E-state index contributed by atoms with van der Waals surface area (Å²) in [7, 11) is 0. The molecule has 0 unspecified atom stereocenters. The number of benzene rings is 2. The van der Waals surface area contributed by atoms with Gasteiger partial charge in [-0.2, -0.15) is 0 Å². The van der Waals surface area contributed by atoms with Gasteiger partial charge in [-0.05, 0) is 28.3 Å². The maximum absolute atomic E-state index is 12.8. The summed E-state index contributed by atoms with van der Waals surface area (Å²) in [6, 6.07) is 22.7. The third kappa shape index (κ3) is 3.40. The second-order valence-electron chi connectivity index (χ2n) is 8.16. The highest BCUT2D eigenvalue weighted by molar-refractivity contribution is 5.81. The molecule has 0 aliphatic carbocycles. The molecule has 5 rings (SSSR count). The van der Waals surface area contributed by atoms with Crippen molar-refractivity contribution in [3.63, 3.8) is 0 Å². The molecule has 3 aromatic rings. The molecule has 2 aliphatic rings. The van der Waals surface area contributed by atoms with Crippen molar-refractivity contribution in [2.24, 2.45) is 0 Å². The third-order valence-electron chi connectivity index (χ3n) is 6.36. The van der Waals surface area contributed by atoms with E-state index in [4.69, 9.17) is 0 Å². The molecule has 0 spiro atoms. The number of hydrogen-bond acceptors (Lipinski definition) is 4. The monoisotopic (exact) mass is 399 g/mol. The molecular weight excluding hydrogens is 374 g/mol. The zero-order valence-electron chi connectivity index (χ0n) is 16.8. The zero-order valence-corrected chi connectivity index (χ0v) is 16.8. The van der Waals surface area contributed by atoms with Crippen molar-refractivity contribution in [2.45, 2.75) is 24.5 Å². The lowest BCUT2D eigenvalue weighted by atomic mass is 9.73. The highest BCUT2D eigenvalue weighted by Gasteiger charge is 2.53. The predicted octanol–water partition coefficient (Wildman–Crippen LogP) is 2.92. The Morgan fingerprint density at radius 2 is 1.77 bits per heavy atom. The largest absolute Gasteiger partial charge is 0.394 e. The first-order valence-corrected chi connectivity index (χ1v) is 10.4. The summed E-state index contributed by atoms with van der Waals surface area (Å²) in [5.41, 5.74) is 4.60. The number of piperazine rings is 1. The first kappa shape index (κ1) is 19.0. The van der Waals surface area contributed by atoms with Crippen molar-refractivity contribution in [3.05, 3.63) is 90.3 Å². The van der Waals surface area contributed by atoms with E-state index in [9.17, 15) is 9.90 Å². The van der Waals surface area contributed by atoms with Crippen molar-refractivity contribution in [3.8, 4) is 11.1 Å². The Morgan fingerprint density at radius 1 is 0.967 bits per heavy atom. The van der Waals surface area contributed by atoms with Crippen LogP contribution in [-0.2, 0) is 11.3 Å². The lowest BCUT2D eigenvalue weighted by molar-refractivity contribution is -0.162. The highest BCUT2D eigenvalue weighted by atomic mass is 16.3. The van der Waals surface area contributed by atoms with Crippen molar-refractivity contribution in [1.82, 2.24) is 14.8 Å². The first-order chi connectivity index (χ1) is 14.7. The number of carbonyl (C=O) groups excluding carboxylic acids is 1. The van der Waals surface area contributed by atoms with E-state index in [1.165, 1.54) is 11.1 Å². The molecule has 2 aromatic carbocycles. The van der Waals surface area contributed by atoms with Crippen LogP contribution in [0.4, 0.5) is 0 Å². The minimum Gasteiger partial charge on any atom is -0.394 e. The van der Waals surface area contributed by atoms with Gasteiger partial charge in [0.2, 0.25) is 5.91 Å². The van der Waals surface area contributed by atoms with Crippen LogP contribution in [0.5, 0.6) is 0 Å². The number of hydrogen-bond donors (Lipinski definition) is 1. The van der Waals surface area contributed by atoms with Crippen LogP contribution in [0, 0.1) is 0 Å². The van der Waals surface area contributed by atoms with Gasteiger partial charge in [0.05, 0.1) is 25.2 Å². The average molecular weight is 399 g/mol. The molecule has 30 heavy (non-hydrogen) atoms. The van der Waals surface area contributed by atoms with Crippen LogP contribution in [0.2, 0.25) is 0 Å². The minimum absolute atomic E-state index is 0.00402. The number of aliphatic hydroxyl groups is 1. The molecule has 5 nitrogen and oxygen atoms in total. The van der Waals surface area contributed by atoms with Gasteiger partial charge in [0.15, 0.2) is 0 Å². The lowest BCUT2D eigenvalue weighted by Gasteiger charge is -2.59. The second-order valence-corrected chi connectivity index (χ2v) is 8.16. The molecule has 3 heterocycles. The number of pyridine rings is 1. The number of nitrogens with zero attached hydrogens (tertiary/aromatic N) is 3. The van der Waals surface area contributed by atoms with Gasteiger partial charge in [-0.25, -0.2) is 0 Å². The fourth-order valence-corrected chi connectivity index (χ4v) is 4.96. The molecule has 0 saturated carbocycles. The number of amides is 1. The summed E-state index contributed by atoms with van der Waals surface area (Å²) < 4.78 is 0. The van der Waals surface area contributed by atoms with Gasteiger partial charge in [0, 0.05) is 31.4 Å². The normalized spacial score (nSPS) is 23.7. The van der Waals surface area contributed by atoms with E-state index in [-0.39, 0.29) is 30.5 Å². The van der Waals surface area contributed by atoms with Crippen molar-refractivity contribution >= 4 is 5.91 Å². The summed E-state index contributed by atoms with van der Waals surface area (Å²) >= 11 is 0. The van der Waals surface area contributed by atoms with E-state index >= 15 is 0 Å². The van der Waals surface area contributed by atoms with Crippen LogP contribution in [0.15, 0.2) is 79.1 Å². The van der Waals surface area contributed by atoms with E-state index in [0.717, 1.165) is 24.2 Å². The Bertz CT molecular complexity index is 1010. The Labute approximate surface area is 176 Å². The number of aliphatic hydroxyl groups excluding tert-OH is 1. The summed E-state index contributed by atoms with van der Waals surface area (Å²) in [4.78, 5) is 21.1. The van der Waals surface area contributed by atoms with E-state index in [1.54, 1.807) is 6.20 Å². The maximum atomic E-state index is 12.8. The van der Waals surface area contributed by atoms with Gasteiger partial charge in [0.25, 0.3) is 0 Å². The second kappa shape index (κ2) is 8.01. The van der Waals surface area contributed by atoms with Crippen LogP contribution in [0.1, 0.15) is 17.0 Å². The fraction of sp³-hybridized carbons (Fsp3) is 0.280. The Morgan fingerprint density at radius 3 is 2.47 bits per heavy atom. The van der Waals surface area contributed by atoms with Crippen LogP contribution in [-0.4, -0.2) is 57.6 Å². The molecule has 2 saturated heterocycles. The predicted molar refractivity (Wildman–Crippen MR) is 116 cm³/mol. The molecule has 0 bridgehead atoms. The summed E-state index contributed by atoms with van der Waals surface area (Å²) in [6.07, 6.45) is 3.63. The average Bonchev–Trinajstić information content (AvgIpc) is 2.77. The van der Waals surface area contributed by atoms with Crippen LogP contribution in [0.3, 0.4) is 0 Å². The minimum atomic E-state index is -0.134. The Hall–Kier alpha value is -3.02. The number of fused-ring (bicyclic) bond motifs is 1. The Balaban J connectivity index is 1.36. The van der Waals surface area contributed by atoms with Gasteiger partial charge >= 0.3 is 0 Å². The van der Waals surface area contributed by atoms with Crippen LogP contribution < -0.4 is 0 Å². The molecule has 5 heteroatoms. The fourth-order valence-electron chi connectivity index (χ4n) is 4.96. The topological polar surface area (TPSA) is 56.7 Å². The molecule has 2 fully saturated rings. The molecule has 152 valence electrons. The molecule has 0 radical (unpaired) electrons. The lowest BCUT2D eigenvalue weighted by Crippen LogP contribution is -2.72. The quantitative estimate of drug-likeness (QED) is 0.717. The van der Waals surface area contributed by atoms with Crippen molar-refractivity contribution in [2.75, 3.05) is 19.7 Å². The summed E-state index contributed by atoms with van der Waals surface area (Å²) in [6.45, 7) is 2.00. The smallest absolute Gasteiger partial charge is 0.237 e. The molecular formula is C25H25N3O2. The number of rotatable bonds is 5. The first-order valence-electron chi connectivity index (χ1n) is 10.4. The van der Waals surface area contributed by atoms with Gasteiger partial charge < -0.3 is 10.0 Å². The standard InChI is InChI=1S/C25H25N3O2/c29-17-23-25(20-10-8-19(9-11-20)21-7-4-12-26-13-21)22-15-27(16-24(30)28(22)23)14-18-5-2-1-3-6-18/h1-13,22-23,25,29H,14-17H2/t22-,23-,25+/m0/s1. The highest BCUT2D eigenvalue weighted by Crippen LogP contribution is 2.43. The van der Waals surface area contributed by atoms with Crippen LogP contribution >= 0.6 is 0 Å². The molecule has 1 N–H and O–H groups in total. The van der Waals surface area contributed by atoms with Gasteiger partial charge in [0.1, 0.15) is 0 Å². The maximum Gasteiger partial charge on any atom is 0.237 e. The molecule has 2 aliphatic heterocycles. The van der Waals surface area contributed by atoms with Crippen LogP contribution in [0.25, 0.3) is 11.1 Å². The third-order valence-corrected chi connectivity index (χ3v) is 6.36. The van der Waals surface area contributed by atoms with E-state index in [0.29, 0.717) is 6.54 Å². The summed E-state index contributed by atoms with van der Waals surface area (Å²) in [5.74, 6) is 0.268. The Kier molecular flexibility index (Phi) is 5.07. The van der Waals surface area contributed by atoms with E-state index in [1.807, 2.05) is 41.4 Å². The van der Waals surface area contributed by atoms with Gasteiger partial charge in [-0.15, -0.1) is 0 Å². The molecule has 3 atom stereocenters. The SMILES string of the molecule is O=C1CN(Cc2ccccc2)C[C@H]2[C@@H](c3ccc(-c4cccnc4)cc3)[C@H](CO)N12.